The molecule has 3 aliphatic rings. The molecule has 3 heterocycles. The van der Waals surface area contributed by atoms with Crippen molar-refractivity contribution in [3.63, 3.8) is 0 Å². The zero-order valence-corrected chi connectivity index (χ0v) is 16.1. The van der Waals surface area contributed by atoms with Crippen molar-refractivity contribution < 1.29 is 9.59 Å². The standard InChI is InChI=1S/C20H28N2O2S/c1-19(2)14-20(19,16-6-5-13-25-16)18(24)22-11-7-15(8-12-22)17(23)21-9-3-4-10-21/h5-6,13,15H,3-4,7-12,14H2,1-2H3. The molecular formula is C20H28N2O2S. The van der Waals surface area contributed by atoms with E-state index < -0.39 is 0 Å². The van der Waals surface area contributed by atoms with Crippen LogP contribution in [0.25, 0.3) is 0 Å². The molecule has 1 atom stereocenters. The van der Waals surface area contributed by atoms with Crippen molar-refractivity contribution in [2.75, 3.05) is 26.2 Å². The summed E-state index contributed by atoms with van der Waals surface area (Å²) in [6.45, 7) is 7.71. The van der Waals surface area contributed by atoms with Crippen molar-refractivity contribution in [2.24, 2.45) is 11.3 Å². The van der Waals surface area contributed by atoms with Gasteiger partial charge in [-0.15, -0.1) is 11.3 Å². The molecule has 25 heavy (non-hydrogen) atoms. The van der Waals surface area contributed by atoms with Crippen LogP contribution in [0.15, 0.2) is 17.5 Å². The third-order valence-corrected chi connectivity index (χ3v) is 7.63. The first-order chi connectivity index (χ1) is 12.0. The maximum Gasteiger partial charge on any atom is 0.234 e. The lowest BCUT2D eigenvalue weighted by atomic mass is 9.89. The average Bonchev–Trinajstić information content (AvgIpc) is 3.13. The molecule has 1 aromatic heterocycles. The van der Waals surface area contributed by atoms with Gasteiger partial charge in [0.2, 0.25) is 11.8 Å². The zero-order valence-electron chi connectivity index (χ0n) is 15.3. The fourth-order valence-electron chi connectivity index (χ4n) is 4.83. The molecule has 1 unspecified atom stereocenters. The Morgan fingerprint density at radius 3 is 2.24 bits per heavy atom. The van der Waals surface area contributed by atoms with Gasteiger partial charge in [0.15, 0.2) is 0 Å². The first-order valence-corrected chi connectivity index (χ1v) is 10.5. The van der Waals surface area contributed by atoms with Crippen LogP contribution in [0.1, 0.15) is 50.8 Å². The smallest absolute Gasteiger partial charge is 0.234 e. The summed E-state index contributed by atoms with van der Waals surface area (Å²) in [5, 5.41) is 2.07. The molecule has 1 aliphatic carbocycles. The van der Waals surface area contributed by atoms with Crippen LogP contribution >= 0.6 is 11.3 Å². The van der Waals surface area contributed by atoms with Gasteiger partial charge in [-0.1, -0.05) is 19.9 Å². The van der Waals surface area contributed by atoms with Gasteiger partial charge in [0, 0.05) is 37.0 Å². The van der Waals surface area contributed by atoms with Crippen LogP contribution in [0.5, 0.6) is 0 Å². The molecule has 4 rings (SSSR count). The van der Waals surface area contributed by atoms with Crippen LogP contribution in [0.3, 0.4) is 0 Å². The van der Waals surface area contributed by atoms with E-state index in [2.05, 4.69) is 25.3 Å². The molecule has 0 aromatic carbocycles. The van der Waals surface area contributed by atoms with E-state index in [-0.39, 0.29) is 22.7 Å². The maximum atomic E-state index is 13.4. The summed E-state index contributed by atoms with van der Waals surface area (Å²) in [4.78, 5) is 31.2. The maximum absolute atomic E-state index is 13.4. The van der Waals surface area contributed by atoms with Crippen molar-refractivity contribution in [2.45, 2.75) is 51.4 Å². The second-order valence-electron chi connectivity index (χ2n) is 8.54. The Balaban J connectivity index is 1.42. The summed E-state index contributed by atoms with van der Waals surface area (Å²) in [5.74, 6) is 0.725. The summed E-state index contributed by atoms with van der Waals surface area (Å²) in [6.07, 6.45) is 4.86. The summed E-state index contributed by atoms with van der Waals surface area (Å²) in [6, 6.07) is 4.16. The highest BCUT2D eigenvalue weighted by atomic mass is 32.1. The average molecular weight is 361 g/mol. The number of amides is 2. The van der Waals surface area contributed by atoms with Crippen molar-refractivity contribution in [3.8, 4) is 0 Å². The highest BCUT2D eigenvalue weighted by molar-refractivity contribution is 7.10. The summed E-state index contributed by atoms with van der Waals surface area (Å²) in [7, 11) is 0. The van der Waals surface area contributed by atoms with Crippen LogP contribution in [0.4, 0.5) is 0 Å². The summed E-state index contributed by atoms with van der Waals surface area (Å²) < 4.78 is 0. The number of thiophene rings is 1. The van der Waals surface area contributed by atoms with Crippen LogP contribution in [0, 0.1) is 11.3 Å². The molecule has 0 radical (unpaired) electrons. The molecular weight excluding hydrogens is 332 g/mol. The number of piperidine rings is 1. The number of carbonyl (C=O) groups is 2. The molecule has 2 saturated heterocycles. The van der Waals surface area contributed by atoms with Gasteiger partial charge in [-0.2, -0.15) is 0 Å². The molecule has 2 amide bonds. The van der Waals surface area contributed by atoms with Crippen molar-refractivity contribution in [1.29, 1.82) is 0 Å². The lowest BCUT2D eigenvalue weighted by molar-refractivity contribution is -0.141. The van der Waals surface area contributed by atoms with Gasteiger partial charge in [-0.25, -0.2) is 0 Å². The predicted octanol–water partition coefficient (Wildman–Crippen LogP) is 3.28. The van der Waals surface area contributed by atoms with E-state index in [4.69, 9.17) is 0 Å². The van der Waals surface area contributed by atoms with E-state index in [9.17, 15) is 9.59 Å². The Kier molecular flexibility index (Phi) is 4.18. The van der Waals surface area contributed by atoms with Crippen molar-refractivity contribution in [1.82, 2.24) is 9.80 Å². The SMILES string of the molecule is CC1(C)CC1(C(=O)N1CCC(C(=O)N2CCCC2)CC1)c1cccs1. The van der Waals surface area contributed by atoms with Gasteiger partial charge in [-0.3, -0.25) is 9.59 Å². The quantitative estimate of drug-likeness (QED) is 0.830. The Morgan fingerprint density at radius 2 is 1.72 bits per heavy atom. The summed E-state index contributed by atoms with van der Waals surface area (Å²) >= 11 is 1.70. The van der Waals surface area contributed by atoms with Gasteiger partial charge >= 0.3 is 0 Å². The number of likely N-dealkylation sites (tertiary alicyclic amines) is 2. The van der Waals surface area contributed by atoms with Crippen molar-refractivity contribution >= 4 is 23.2 Å². The zero-order chi connectivity index (χ0) is 17.7. The highest BCUT2D eigenvalue weighted by Crippen LogP contribution is 2.66. The van der Waals surface area contributed by atoms with Gasteiger partial charge < -0.3 is 9.80 Å². The molecule has 0 N–H and O–H groups in total. The minimum Gasteiger partial charge on any atom is -0.342 e. The highest BCUT2D eigenvalue weighted by Gasteiger charge is 2.68. The van der Waals surface area contributed by atoms with E-state index >= 15 is 0 Å². The molecule has 136 valence electrons. The minimum atomic E-state index is -0.326. The Labute approximate surface area is 154 Å². The molecule has 1 aromatic rings. The molecule has 2 aliphatic heterocycles. The molecule has 5 heteroatoms. The lowest BCUT2D eigenvalue weighted by Gasteiger charge is -2.36. The first kappa shape index (κ1) is 17.1. The molecule has 1 saturated carbocycles. The molecule has 3 fully saturated rings. The third kappa shape index (κ3) is 2.71. The van der Waals surface area contributed by atoms with Gasteiger partial charge in [0.25, 0.3) is 0 Å². The number of hydrogen-bond acceptors (Lipinski definition) is 3. The first-order valence-electron chi connectivity index (χ1n) is 9.58. The molecule has 4 nitrogen and oxygen atoms in total. The number of rotatable bonds is 3. The Morgan fingerprint density at radius 1 is 1.08 bits per heavy atom. The topological polar surface area (TPSA) is 40.6 Å². The number of nitrogens with zero attached hydrogens (tertiary/aromatic N) is 2. The largest absolute Gasteiger partial charge is 0.342 e. The molecule has 0 spiro atoms. The Hall–Kier alpha value is -1.36. The molecule has 0 bridgehead atoms. The van der Waals surface area contributed by atoms with Gasteiger partial charge in [0.05, 0.1) is 5.41 Å². The van der Waals surface area contributed by atoms with Gasteiger partial charge in [0.1, 0.15) is 0 Å². The third-order valence-electron chi connectivity index (χ3n) is 6.59. The Bertz CT molecular complexity index is 655. The fourth-order valence-corrected chi connectivity index (χ4v) is 5.92. The van der Waals surface area contributed by atoms with Gasteiger partial charge in [-0.05, 0) is 49.0 Å². The van der Waals surface area contributed by atoms with E-state index in [1.807, 2.05) is 15.9 Å². The number of carbonyl (C=O) groups excluding carboxylic acids is 2. The van der Waals surface area contributed by atoms with E-state index in [1.54, 1.807) is 11.3 Å². The second kappa shape index (κ2) is 6.11. The summed E-state index contributed by atoms with van der Waals surface area (Å²) in [5.41, 5.74) is -0.288. The van der Waals surface area contributed by atoms with E-state index in [0.717, 1.165) is 58.3 Å². The number of hydrogen-bond donors (Lipinski definition) is 0. The lowest BCUT2D eigenvalue weighted by Crippen LogP contribution is -2.47. The second-order valence-corrected chi connectivity index (χ2v) is 9.49. The van der Waals surface area contributed by atoms with E-state index in [1.165, 1.54) is 4.88 Å². The predicted molar refractivity (Wildman–Crippen MR) is 99.5 cm³/mol. The fraction of sp³-hybridized carbons (Fsp3) is 0.700. The van der Waals surface area contributed by atoms with Crippen LogP contribution in [-0.4, -0.2) is 47.8 Å². The monoisotopic (exact) mass is 360 g/mol. The normalized spacial score (nSPS) is 29.0. The van der Waals surface area contributed by atoms with E-state index in [0.29, 0.717) is 5.91 Å². The van der Waals surface area contributed by atoms with Crippen LogP contribution in [-0.2, 0) is 15.0 Å². The van der Waals surface area contributed by atoms with Crippen molar-refractivity contribution in [3.05, 3.63) is 22.4 Å². The van der Waals surface area contributed by atoms with Crippen LogP contribution < -0.4 is 0 Å². The minimum absolute atomic E-state index is 0.0388. The van der Waals surface area contributed by atoms with Crippen LogP contribution in [0.2, 0.25) is 0 Å².